The fourth-order valence-corrected chi connectivity index (χ4v) is 5.67. The molecule has 2 aromatic carbocycles. The average Bonchev–Trinajstić information content (AvgIpc) is 3.34. The molecule has 0 radical (unpaired) electrons. The molecule has 1 aliphatic heterocycles. The summed E-state index contributed by atoms with van der Waals surface area (Å²) in [6.45, 7) is 8.11. The molecule has 3 aromatic rings. The van der Waals surface area contributed by atoms with Crippen LogP contribution in [0.3, 0.4) is 0 Å². The summed E-state index contributed by atoms with van der Waals surface area (Å²) in [4.78, 5) is 28.1. The molecule has 0 N–H and O–H groups in total. The summed E-state index contributed by atoms with van der Waals surface area (Å²) in [7, 11) is 0.0423. The van der Waals surface area contributed by atoms with Gasteiger partial charge >= 0.3 is 5.97 Å². The van der Waals surface area contributed by atoms with Crippen LogP contribution in [0.2, 0.25) is 35.7 Å². The molecule has 2 heterocycles. The zero-order chi connectivity index (χ0) is 26.0. The molecule has 9 heteroatoms. The van der Waals surface area contributed by atoms with E-state index >= 15 is 0 Å². The lowest BCUT2D eigenvalue weighted by atomic mass is 10.1. The number of anilines is 1. The number of para-hydroxylation sites is 1. The largest absolute Gasteiger partial charge is 0.464 e. The fraction of sp³-hybridized carbons (Fsp3) is 0.333. The molecule has 1 saturated heterocycles. The molecular formula is C27H30Cl2N2O4Si. The molecule has 0 aliphatic carbocycles. The van der Waals surface area contributed by atoms with E-state index in [9.17, 15) is 9.59 Å². The van der Waals surface area contributed by atoms with Crippen molar-refractivity contribution in [1.82, 2.24) is 4.57 Å². The lowest BCUT2D eigenvalue weighted by molar-refractivity contribution is -0.114. The predicted molar refractivity (Wildman–Crippen MR) is 149 cm³/mol. The Bertz CT molecular complexity index is 1330. The monoisotopic (exact) mass is 544 g/mol. The van der Waals surface area contributed by atoms with Crippen LogP contribution in [0.4, 0.5) is 5.69 Å². The number of halogens is 2. The van der Waals surface area contributed by atoms with Crippen molar-refractivity contribution in [1.29, 1.82) is 0 Å². The Morgan fingerprint density at radius 3 is 2.53 bits per heavy atom. The Kier molecular flexibility index (Phi) is 7.95. The minimum Gasteiger partial charge on any atom is -0.464 e. The molecule has 36 heavy (non-hydrogen) atoms. The van der Waals surface area contributed by atoms with Crippen LogP contribution in [0.1, 0.15) is 22.5 Å². The quantitative estimate of drug-likeness (QED) is 0.134. The van der Waals surface area contributed by atoms with Gasteiger partial charge in [-0.25, -0.2) is 4.79 Å². The molecule has 0 atom stereocenters. The van der Waals surface area contributed by atoms with Crippen LogP contribution in [-0.2, 0) is 21.0 Å². The van der Waals surface area contributed by atoms with E-state index < -0.39 is 14.0 Å². The van der Waals surface area contributed by atoms with Gasteiger partial charge in [-0.3, -0.25) is 4.79 Å². The average molecular weight is 546 g/mol. The Labute approximate surface area is 222 Å². The van der Waals surface area contributed by atoms with Gasteiger partial charge in [-0.15, -0.1) is 0 Å². The second-order valence-electron chi connectivity index (χ2n) is 10.0. The zero-order valence-electron chi connectivity index (χ0n) is 20.9. The van der Waals surface area contributed by atoms with Crippen molar-refractivity contribution in [3.63, 3.8) is 0 Å². The maximum Gasteiger partial charge on any atom is 0.355 e. The summed E-state index contributed by atoms with van der Waals surface area (Å²) < 4.78 is 12.9. The summed E-state index contributed by atoms with van der Waals surface area (Å²) in [5.74, 6) is -0.640. The summed E-state index contributed by atoms with van der Waals surface area (Å²) in [5, 5.41) is 1.46. The van der Waals surface area contributed by atoms with Crippen molar-refractivity contribution in [2.24, 2.45) is 0 Å². The van der Waals surface area contributed by atoms with Gasteiger partial charge in [0, 0.05) is 48.5 Å². The van der Waals surface area contributed by atoms with Gasteiger partial charge in [0.2, 0.25) is 0 Å². The topological polar surface area (TPSA) is 60.8 Å². The highest BCUT2D eigenvalue weighted by Crippen LogP contribution is 2.38. The number of ether oxygens (including phenoxy) is 2. The van der Waals surface area contributed by atoms with E-state index in [1.807, 2.05) is 30.3 Å². The van der Waals surface area contributed by atoms with Gasteiger partial charge in [0.15, 0.2) is 0 Å². The minimum absolute atomic E-state index is 0.102. The van der Waals surface area contributed by atoms with Crippen molar-refractivity contribution in [3.05, 3.63) is 69.3 Å². The third-order valence-corrected chi connectivity index (χ3v) is 8.45. The van der Waals surface area contributed by atoms with E-state index in [2.05, 4.69) is 19.6 Å². The van der Waals surface area contributed by atoms with Gasteiger partial charge in [0.1, 0.15) is 12.4 Å². The van der Waals surface area contributed by atoms with Crippen LogP contribution in [0.15, 0.2) is 48.0 Å². The first-order valence-electron chi connectivity index (χ1n) is 11.9. The van der Waals surface area contributed by atoms with Crippen LogP contribution in [-0.4, -0.2) is 44.8 Å². The van der Waals surface area contributed by atoms with Gasteiger partial charge in [-0.05, 0) is 42.8 Å². The molecule has 0 unspecified atom stereocenters. The summed E-state index contributed by atoms with van der Waals surface area (Å²) in [5.41, 5.74) is 2.89. The molecule has 190 valence electrons. The van der Waals surface area contributed by atoms with E-state index in [4.69, 9.17) is 32.7 Å². The van der Waals surface area contributed by atoms with Crippen LogP contribution >= 0.6 is 23.2 Å². The SMILES string of the molecule is COC(=O)c1c(C=C2CCN(c3ccccc3)C2=O)c2c(Cl)cc(Cl)cc2n1COCC[Si](C)(C)C. The normalized spacial score (nSPS) is 15.3. The summed E-state index contributed by atoms with van der Waals surface area (Å²) >= 11 is 13.0. The van der Waals surface area contributed by atoms with Crippen molar-refractivity contribution < 1.29 is 19.1 Å². The first-order chi connectivity index (χ1) is 17.1. The number of aromatic nitrogens is 1. The number of carbonyl (C=O) groups is 2. The second-order valence-corrected chi connectivity index (χ2v) is 16.5. The van der Waals surface area contributed by atoms with Gasteiger partial charge in [0.05, 0.1) is 17.6 Å². The Hall–Kier alpha value is -2.58. The fourth-order valence-electron chi connectivity index (χ4n) is 4.33. The number of benzene rings is 2. The summed E-state index contributed by atoms with van der Waals surface area (Å²) in [6, 6.07) is 13.9. The minimum atomic E-state index is -1.29. The number of amides is 1. The van der Waals surface area contributed by atoms with Gasteiger partial charge < -0.3 is 18.9 Å². The number of esters is 1. The van der Waals surface area contributed by atoms with Crippen LogP contribution in [0.5, 0.6) is 0 Å². The molecule has 1 aliphatic rings. The van der Waals surface area contributed by atoms with Gasteiger partial charge in [-0.2, -0.15) is 0 Å². The Balaban J connectivity index is 1.81. The van der Waals surface area contributed by atoms with Crippen LogP contribution in [0.25, 0.3) is 17.0 Å². The smallest absolute Gasteiger partial charge is 0.355 e. The third-order valence-electron chi connectivity index (χ3n) is 6.23. The molecule has 1 fully saturated rings. The van der Waals surface area contributed by atoms with Crippen molar-refractivity contribution in [2.45, 2.75) is 38.8 Å². The first-order valence-corrected chi connectivity index (χ1v) is 16.3. The number of hydrogen-bond acceptors (Lipinski definition) is 4. The van der Waals surface area contributed by atoms with Crippen molar-refractivity contribution >= 4 is 65.8 Å². The highest BCUT2D eigenvalue weighted by molar-refractivity contribution is 6.76. The molecule has 0 bridgehead atoms. The molecule has 1 amide bonds. The zero-order valence-corrected chi connectivity index (χ0v) is 23.4. The number of carbonyl (C=O) groups excluding carboxylic acids is 2. The maximum atomic E-state index is 13.3. The van der Waals surface area contributed by atoms with E-state index in [0.717, 1.165) is 11.7 Å². The van der Waals surface area contributed by atoms with E-state index in [-0.39, 0.29) is 18.3 Å². The molecule has 4 rings (SSSR count). The Morgan fingerprint density at radius 2 is 1.86 bits per heavy atom. The predicted octanol–water partition coefficient (Wildman–Crippen LogP) is 6.87. The number of fused-ring (bicyclic) bond motifs is 1. The third kappa shape index (κ3) is 5.54. The standard InChI is InChI=1S/C27H30Cl2N2O4Si/c1-34-27(33)25-21(14-18-10-11-30(26(18)32)20-8-6-5-7-9-20)24-22(29)15-19(28)16-23(24)31(25)17-35-12-13-36(2,3)4/h5-9,14-16H,10-13,17H2,1-4H3. The van der Waals surface area contributed by atoms with E-state index in [1.54, 1.807) is 27.7 Å². The lowest BCUT2D eigenvalue weighted by Gasteiger charge is -2.16. The molecule has 1 aromatic heterocycles. The van der Waals surface area contributed by atoms with Gasteiger partial charge in [-0.1, -0.05) is 61.0 Å². The number of nitrogens with zero attached hydrogens (tertiary/aromatic N) is 2. The van der Waals surface area contributed by atoms with E-state index in [1.165, 1.54) is 7.11 Å². The summed E-state index contributed by atoms with van der Waals surface area (Å²) in [6.07, 6.45) is 2.30. The molecule has 0 saturated carbocycles. The number of hydrogen-bond donors (Lipinski definition) is 0. The van der Waals surface area contributed by atoms with Crippen molar-refractivity contribution in [2.75, 3.05) is 25.2 Å². The maximum absolute atomic E-state index is 13.3. The number of rotatable bonds is 8. The first kappa shape index (κ1) is 26.5. The van der Waals surface area contributed by atoms with E-state index in [0.29, 0.717) is 51.7 Å². The molecule has 6 nitrogen and oxygen atoms in total. The molecular weight excluding hydrogens is 515 g/mol. The second kappa shape index (κ2) is 10.8. The highest BCUT2D eigenvalue weighted by Gasteiger charge is 2.30. The van der Waals surface area contributed by atoms with Crippen molar-refractivity contribution in [3.8, 4) is 0 Å². The highest BCUT2D eigenvalue weighted by atomic mass is 35.5. The molecule has 0 spiro atoms. The lowest BCUT2D eigenvalue weighted by Crippen LogP contribution is -2.24. The van der Waals surface area contributed by atoms with Crippen LogP contribution < -0.4 is 4.90 Å². The Morgan fingerprint density at radius 1 is 1.14 bits per heavy atom. The van der Waals surface area contributed by atoms with Gasteiger partial charge in [0.25, 0.3) is 5.91 Å². The number of methoxy groups -OCH3 is 1. The van der Waals surface area contributed by atoms with Crippen LogP contribution in [0, 0.1) is 0 Å².